The van der Waals surface area contributed by atoms with Crippen LogP contribution in [0.5, 0.6) is 0 Å². The zero-order valence-corrected chi connectivity index (χ0v) is 17.2. The van der Waals surface area contributed by atoms with E-state index in [9.17, 15) is 0 Å². The van der Waals surface area contributed by atoms with Crippen LogP contribution in [0.2, 0.25) is 0 Å². The molecule has 1 saturated heterocycles. The zero-order chi connectivity index (χ0) is 19.6. The summed E-state index contributed by atoms with van der Waals surface area (Å²) in [6, 6.07) is 18.8. The molecule has 1 heterocycles. The standard InChI is InChI=1S/C26H33NO/c1-2-3-4-5-6-7-8-26-18-17-25(20-28-26)24-15-13-23(14-16-24)22-11-9-21(19-27)10-12-22/h9-16,25-26H,2-8,17-18,20H2,1H3. The summed E-state index contributed by atoms with van der Waals surface area (Å²) in [5.41, 5.74) is 4.45. The summed E-state index contributed by atoms with van der Waals surface area (Å²) in [7, 11) is 0. The molecule has 148 valence electrons. The number of nitriles is 1. The molecule has 0 amide bonds. The van der Waals surface area contributed by atoms with Crippen LogP contribution in [0.3, 0.4) is 0 Å². The van der Waals surface area contributed by atoms with E-state index in [0.29, 0.717) is 17.6 Å². The Labute approximate surface area is 170 Å². The molecule has 2 nitrogen and oxygen atoms in total. The minimum absolute atomic E-state index is 0.473. The first-order valence-corrected chi connectivity index (χ1v) is 11.0. The van der Waals surface area contributed by atoms with Gasteiger partial charge in [0.1, 0.15) is 0 Å². The van der Waals surface area contributed by atoms with Gasteiger partial charge >= 0.3 is 0 Å². The summed E-state index contributed by atoms with van der Waals surface area (Å²) in [6.45, 7) is 3.13. The van der Waals surface area contributed by atoms with Crippen molar-refractivity contribution < 1.29 is 4.74 Å². The van der Waals surface area contributed by atoms with Gasteiger partial charge in [-0.15, -0.1) is 0 Å². The average molecular weight is 376 g/mol. The van der Waals surface area contributed by atoms with Gasteiger partial charge < -0.3 is 4.74 Å². The Morgan fingerprint density at radius 2 is 1.50 bits per heavy atom. The largest absolute Gasteiger partial charge is 0.378 e. The van der Waals surface area contributed by atoms with E-state index in [1.807, 2.05) is 24.3 Å². The lowest BCUT2D eigenvalue weighted by Crippen LogP contribution is -2.24. The molecule has 2 aromatic rings. The van der Waals surface area contributed by atoms with Crippen molar-refractivity contribution >= 4 is 0 Å². The van der Waals surface area contributed by atoms with E-state index in [0.717, 1.165) is 12.2 Å². The second kappa shape index (κ2) is 11.0. The van der Waals surface area contributed by atoms with Gasteiger partial charge in [-0.05, 0) is 48.1 Å². The van der Waals surface area contributed by atoms with E-state index in [-0.39, 0.29) is 0 Å². The van der Waals surface area contributed by atoms with Crippen molar-refractivity contribution in [3.63, 3.8) is 0 Å². The molecule has 2 aromatic carbocycles. The van der Waals surface area contributed by atoms with Crippen molar-refractivity contribution in [1.29, 1.82) is 5.26 Å². The maximum atomic E-state index is 8.93. The van der Waals surface area contributed by atoms with Crippen LogP contribution < -0.4 is 0 Å². The molecule has 0 bridgehead atoms. The van der Waals surface area contributed by atoms with Crippen LogP contribution in [-0.4, -0.2) is 12.7 Å². The molecular formula is C26H33NO. The Bertz CT molecular complexity index is 733. The van der Waals surface area contributed by atoms with Crippen LogP contribution in [0.15, 0.2) is 48.5 Å². The number of benzene rings is 2. The van der Waals surface area contributed by atoms with Crippen LogP contribution >= 0.6 is 0 Å². The molecule has 3 rings (SSSR count). The third-order valence-electron chi connectivity index (χ3n) is 5.98. The van der Waals surface area contributed by atoms with Gasteiger partial charge in [0.25, 0.3) is 0 Å². The minimum Gasteiger partial charge on any atom is -0.378 e. The van der Waals surface area contributed by atoms with Crippen molar-refractivity contribution in [2.75, 3.05) is 6.61 Å². The first-order chi connectivity index (χ1) is 13.8. The summed E-state index contributed by atoms with van der Waals surface area (Å²) >= 11 is 0. The number of ether oxygens (including phenoxy) is 1. The van der Waals surface area contributed by atoms with Crippen LogP contribution in [0, 0.1) is 11.3 Å². The first-order valence-electron chi connectivity index (χ1n) is 11.0. The molecule has 0 radical (unpaired) electrons. The topological polar surface area (TPSA) is 33.0 Å². The predicted octanol–water partition coefficient (Wildman–Crippen LogP) is 7.24. The Balaban J connectivity index is 1.43. The fraction of sp³-hybridized carbons (Fsp3) is 0.500. The maximum absolute atomic E-state index is 8.93. The zero-order valence-electron chi connectivity index (χ0n) is 17.2. The van der Waals surface area contributed by atoms with Crippen LogP contribution in [0.25, 0.3) is 11.1 Å². The lowest BCUT2D eigenvalue weighted by atomic mass is 9.89. The Morgan fingerprint density at radius 1 is 0.857 bits per heavy atom. The van der Waals surface area contributed by atoms with Crippen molar-refractivity contribution in [2.45, 2.75) is 76.7 Å². The Hall–Kier alpha value is -2.11. The lowest BCUT2D eigenvalue weighted by Gasteiger charge is -2.29. The van der Waals surface area contributed by atoms with Crippen molar-refractivity contribution in [3.8, 4) is 17.2 Å². The quantitative estimate of drug-likeness (QED) is 0.433. The van der Waals surface area contributed by atoms with E-state index in [2.05, 4.69) is 37.3 Å². The molecule has 28 heavy (non-hydrogen) atoms. The molecule has 2 atom stereocenters. The van der Waals surface area contributed by atoms with Gasteiger partial charge in [0.15, 0.2) is 0 Å². The van der Waals surface area contributed by atoms with E-state index in [4.69, 9.17) is 10.00 Å². The number of rotatable bonds is 9. The summed E-state index contributed by atoms with van der Waals surface area (Å²) < 4.78 is 6.18. The highest BCUT2D eigenvalue weighted by Crippen LogP contribution is 2.31. The molecule has 2 unspecified atom stereocenters. The second-order valence-corrected chi connectivity index (χ2v) is 8.10. The highest BCUT2D eigenvalue weighted by atomic mass is 16.5. The SMILES string of the molecule is CCCCCCCCC1CCC(c2ccc(-c3ccc(C#N)cc3)cc2)CO1. The number of nitrogens with zero attached hydrogens (tertiary/aromatic N) is 1. The minimum atomic E-state index is 0.473. The number of unbranched alkanes of at least 4 members (excludes halogenated alkanes) is 5. The molecule has 0 N–H and O–H groups in total. The summed E-state index contributed by atoms with van der Waals surface area (Å²) in [6.07, 6.45) is 12.3. The molecule has 1 aliphatic heterocycles. The fourth-order valence-electron chi connectivity index (χ4n) is 4.13. The molecular weight excluding hydrogens is 342 g/mol. The Kier molecular flexibility index (Phi) is 8.12. The molecule has 0 spiro atoms. The Morgan fingerprint density at radius 3 is 2.11 bits per heavy atom. The van der Waals surface area contributed by atoms with E-state index >= 15 is 0 Å². The van der Waals surface area contributed by atoms with Crippen LogP contribution in [0.4, 0.5) is 0 Å². The maximum Gasteiger partial charge on any atom is 0.0991 e. The summed E-state index contributed by atoms with van der Waals surface area (Å²) in [5, 5.41) is 8.93. The van der Waals surface area contributed by atoms with Crippen molar-refractivity contribution in [3.05, 3.63) is 59.7 Å². The second-order valence-electron chi connectivity index (χ2n) is 8.10. The third kappa shape index (κ3) is 5.94. The van der Waals surface area contributed by atoms with Gasteiger partial charge in [0.05, 0.1) is 24.3 Å². The van der Waals surface area contributed by atoms with Crippen LogP contribution in [-0.2, 0) is 4.74 Å². The fourth-order valence-corrected chi connectivity index (χ4v) is 4.13. The van der Waals surface area contributed by atoms with Gasteiger partial charge in [-0.2, -0.15) is 5.26 Å². The number of hydrogen-bond acceptors (Lipinski definition) is 2. The van der Waals surface area contributed by atoms with Gasteiger partial charge in [0.2, 0.25) is 0 Å². The smallest absolute Gasteiger partial charge is 0.0991 e. The first kappa shape index (κ1) is 20.6. The molecule has 1 aliphatic rings. The van der Waals surface area contributed by atoms with Gasteiger partial charge in [0, 0.05) is 5.92 Å². The van der Waals surface area contributed by atoms with Crippen LogP contribution in [0.1, 0.15) is 81.8 Å². The third-order valence-corrected chi connectivity index (χ3v) is 5.98. The molecule has 1 fully saturated rings. The van der Waals surface area contributed by atoms with Gasteiger partial charge in [-0.3, -0.25) is 0 Å². The van der Waals surface area contributed by atoms with Gasteiger partial charge in [-0.1, -0.05) is 81.8 Å². The highest BCUT2D eigenvalue weighted by Gasteiger charge is 2.22. The van der Waals surface area contributed by atoms with Crippen molar-refractivity contribution in [2.24, 2.45) is 0 Å². The lowest BCUT2D eigenvalue weighted by molar-refractivity contribution is -0.00213. The van der Waals surface area contributed by atoms with Crippen molar-refractivity contribution in [1.82, 2.24) is 0 Å². The summed E-state index contributed by atoms with van der Waals surface area (Å²) in [5.74, 6) is 0.524. The van der Waals surface area contributed by atoms with Gasteiger partial charge in [-0.25, -0.2) is 0 Å². The molecule has 0 aliphatic carbocycles. The average Bonchev–Trinajstić information content (AvgIpc) is 2.77. The highest BCUT2D eigenvalue weighted by molar-refractivity contribution is 5.64. The predicted molar refractivity (Wildman–Crippen MR) is 116 cm³/mol. The summed E-state index contributed by atoms with van der Waals surface area (Å²) in [4.78, 5) is 0. The normalized spacial score (nSPS) is 19.3. The molecule has 2 heteroatoms. The monoisotopic (exact) mass is 375 g/mol. The van der Waals surface area contributed by atoms with E-state index in [1.54, 1.807) is 0 Å². The van der Waals surface area contributed by atoms with E-state index < -0.39 is 0 Å². The molecule has 0 aromatic heterocycles. The molecule has 0 saturated carbocycles. The van der Waals surface area contributed by atoms with E-state index in [1.165, 1.54) is 68.9 Å². The number of hydrogen-bond donors (Lipinski definition) is 0.